The Balaban J connectivity index is 1.46. The Morgan fingerprint density at radius 3 is 2.14 bits per heavy atom. The third-order valence-electron chi connectivity index (χ3n) is 8.40. The van der Waals surface area contributed by atoms with Gasteiger partial charge in [-0.2, -0.15) is 0 Å². The van der Waals surface area contributed by atoms with Crippen LogP contribution < -0.4 is 5.32 Å². The highest BCUT2D eigenvalue weighted by molar-refractivity contribution is 6.27. The van der Waals surface area contributed by atoms with E-state index >= 15 is 0 Å². The normalized spacial score (nSPS) is 29.4. The zero-order chi connectivity index (χ0) is 25.1. The second-order valence-corrected chi connectivity index (χ2v) is 10.1. The highest BCUT2D eigenvalue weighted by Gasteiger charge is 2.64. The number of nitrogens with one attached hydrogen (secondary N) is 1. The van der Waals surface area contributed by atoms with Crippen LogP contribution in [-0.2, 0) is 9.59 Å². The van der Waals surface area contributed by atoms with Crippen LogP contribution in [0.4, 0.5) is 0 Å². The van der Waals surface area contributed by atoms with Crippen LogP contribution in [-0.4, -0.2) is 29.2 Å². The minimum absolute atomic E-state index is 0.132. The number of hydrogen-bond acceptors (Lipinski definition) is 5. The molecule has 2 aromatic carbocycles. The van der Waals surface area contributed by atoms with Crippen LogP contribution in [0.15, 0.2) is 90.0 Å². The van der Waals surface area contributed by atoms with E-state index < -0.39 is 35.8 Å². The van der Waals surface area contributed by atoms with Gasteiger partial charge in [-0.15, -0.1) is 0 Å². The van der Waals surface area contributed by atoms with Crippen molar-refractivity contribution in [3.8, 4) is 0 Å². The van der Waals surface area contributed by atoms with Crippen molar-refractivity contribution in [3.63, 3.8) is 0 Å². The Hall–Kier alpha value is -3.70. The maximum atomic E-state index is 14.1. The molecule has 6 rings (SSSR count). The fraction of sp³-hybridized carbons (Fsp3) is 0.290. The minimum Gasteiger partial charge on any atom is -0.305 e. The molecule has 5 heteroatoms. The average Bonchev–Trinajstić information content (AvgIpc) is 3.64. The molecule has 2 fully saturated rings. The minimum atomic E-state index is -1.02. The quantitative estimate of drug-likeness (QED) is 0.636. The molecule has 5 atom stereocenters. The molecule has 5 unspecified atom stereocenters. The van der Waals surface area contributed by atoms with Gasteiger partial charge in [-0.25, -0.2) is 0 Å². The molecule has 36 heavy (non-hydrogen) atoms. The summed E-state index contributed by atoms with van der Waals surface area (Å²) in [5.74, 6) is -4.17. The van der Waals surface area contributed by atoms with Crippen molar-refractivity contribution in [1.82, 2.24) is 5.32 Å². The van der Waals surface area contributed by atoms with Gasteiger partial charge in [0.15, 0.2) is 23.1 Å². The number of carbonyl (C=O) groups excluding carboxylic acids is 4. The summed E-state index contributed by atoms with van der Waals surface area (Å²) in [7, 11) is 0. The summed E-state index contributed by atoms with van der Waals surface area (Å²) in [6.45, 7) is 6.17. The Morgan fingerprint density at radius 1 is 0.889 bits per heavy atom. The first-order chi connectivity index (χ1) is 17.4. The van der Waals surface area contributed by atoms with Crippen LogP contribution in [0.2, 0.25) is 0 Å². The summed E-state index contributed by atoms with van der Waals surface area (Å²) >= 11 is 0. The number of fused-ring (bicyclic) bond motifs is 2. The van der Waals surface area contributed by atoms with Gasteiger partial charge in [-0.1, -0.05) is 85.8 Å². The molecule has 1 saturated heterocycles. The summed E-state index contributed by atoms with van der Waals surface area (Å²) < 4.78 is 0. The molecule has 1 N–H and O–H groups in total. The van der Waals surface area contributed by atoms with Gasteiger partial charge in [-0.05, 0) is 29.6 Å². The Morgan fingerprint density at radius 2 is 1.50 bits per heavy atom. The molecule has 1 heterocycles. The van der Waals surface area contributed by atoms with Gasteiger partial charge in [-0.3, -0.25) is 19.2 Å². The molecule has 3 aliphatic carbocycles. The fourth-order valence-electron chi connectivity index (χ4n) is 6.69. The zero-order valence-electron chi connectivity index (χ0n) is 20.1. The maximum absolute atomic E-state index is 14.1. The number of ketones is 4. The molecule has 4 aliphatic rings. The Labute approximate surface area is 210 Å². The fourth-order valence-corrected chi connectivity index (χ4v) is 6.69. The first kappa shape index (κ1) is 22.7. The van der Waals surface area contributed by atoms with Crippen molar-refractivity contribution in [2.45, 2.75) is 31.8 Å². The SMILES string of the molecule is C=C(CC)C1=C(C2C(=O)C3C(c4ccccc4)NC(C4C(=O)c5ccccc5C4=O)C3C2=O)C=CC1. The summed E-state index contributed by atoms with van der Waals surface area (Å²) in [5, 5.41) is 3.43. The van der Waals surface area contributed by atoms with Crippen LogP contribution in [0, 0.1) is 23.7 Å². The number of carbonyl (C=O) groups is 4. The van der Waals surface area contributed by atoms with Crippen LogP contribution in [0.1, 0.15) is 52.1 Å². The van der Waals surface area contributed by atoms with Crippen molar-refractivity contribution in [3.05, 3.63) is 107 Å². The van der Waals surface area contributed by atoms with Crippen molar-refractivity contribution >= 4 is 23.1 Å². The topological polar surface area (TPSA) is 80.3 Å². The summed E-state index contributed by atoms with van der Waals surface area (Å²) in [6.07, 6.45) is 5.26. The van der Waals surface area contributed by atoms with E-state index in [0.29, 0.717) is 17.5 Å². The number of Topliss-reactive ketones (excluding diaryl/α,β-unsaturated/α-hetero) is 4. The number of benzene rings is 2. The monoisotopic (exact) mass is 477 g/mol. The van der Waals surface area contributed by atoms with Gasteiger partial charge in [0.2, 0.25) is 0 Å². The van der Waals surface area contributed by atoms with Crippen molar-refractivity contribution in [2.75, 3.05) is 0 Å². The summed E-state index contributed by atoms with van der Waals surface area (Å²) in [5.41, 5.74) is 4.30. The molecule has 0 spiro atoms. The Bertz CT molecular complexity index is 1360. The molecule has 5 nitrogen and oxygen atoms in total. The largest absolute Gasteiger partial charge is 0.305 e. The van der Waals surface area contributed by atoms with E-state index in [1.807, 2.05) is 49.4 Å². The van der Waals surface area contributed by atoms with E-state index in [1.54, 1.807) is 24.3 Å². The van der Waals surface area contributed by atoms with E-state index in [2.05, 4.69) is 11.9 Å². The van der Waals surface area contributed by atoms with Crippen molar-refractivity contribution in [1.29, 1.82) is 0 Å². The second-order valence-electron chi connectivity index (χ2n) is 10.1. The smallest absolute Gasteiger partial charge is 0.176 e. The summed E-state index contributed by atoms with van der Waals surface area (Å²) in [6, 6.07) is 15.2. The van der Waals surface area contributed by atoms with Gasteiger partial charge in [0.1, 0.15) is 11.8 Å². The highest BCUT2D eigenvalue weighted by Crippen LogP contribution is 2.52. The molecule has 2 aromatic rings. The van der Waals surface area contributed by atoms with E-state index in [1.165, 1.54) is 0 Å². The molecule has 0 aromatic heterocycles. The van der Waals surface area contributed by atoms with Gasteiger partial charge >= 0.3 is 0 Å². The van der Waals surface area contributed by atoms with Crippen LogP contribution in [0.3, 0.4) is 0 Å². The first-order valence-corrected chi connectivity index (χ1v) is 12.6. The van der Waals surface area contributed by atoms with Crippen molar-refractivity contribution < 1.29 is 19.2 Å². The van der Waals surface area contributed by atoms with Crippen LogP contribution in [0.25, 0.3) is 0 Å². The number of hydrogen-bond donors (Lipinski definition) is 1. The van der Waals surface area contributed by atoms with Crippen molar-refractivity contribution in [2.24, 2.45) is 23.7 Å². The lowest BCUT2D eigenvalue weighted by Gasteiger charge is -2.24. The zero-order valence-corrected chi connectivity index (χ0v) is 20.1. The lowest BCUT2D eigenvalue weighted by molar-refractivity contribution is -0.127. The summed E-state index contributed by atoms with van der Waals surface area (Å²) in [4.78, 5) is 55.0. The third-order valence-corrected chi connectivity index (χ3v) is 8.40. The molecule has 0 amide bonds. The van der Waals surface area contributed by atoms with E-state index in [4.69, 9.17) is 0 Å². The van der Waals surface area contributed by atoms with Gasteiger partial charge in [0, 0.05) is 35.0 Å². The van der Waals surface area contributed by atoms with Gasteiger partial charge < -0.3 is 5.32 Å². The van der Waals surface area contributed by atoms with Crippen LogP contribution in [0.5, 0.6) is 0 Å². The molecule has 0 radical (unpaired) electrons. The average molecular weight is 478 g/mol. The molecule has 1 aliphatic heterocycles. The molecule has 1 saturated carbocycles. The highest BCUT2D eigenvalue weighted by atomic mass is 16.2. The predicted octanol–water partition coefficient (Wildman–Crippen LogP) is 4.62. The molecule has 0 bridgehead atoms. The maximum Gasteiger partial charge on any atom is 0.176 e. The Kier molecular flexibility index (Phi) is 5.34. The number of allylic oxidation sites excluding steroid dienone is 5. The molecule has 180 valence electrons. The first-order valence-electron chi connectivity index (χ1n) is 12.6. The standard InChI is InChI=1S/C31H27NO4/c1-3-16(2)18-14-9-15-19(18)22-30(35)23-24(31(22)36)27(32-26(23)17-10-5-4-6-11-17)25-28(33)20-12-7-8-13-21(20)29(25)34/h4-13,15,22-27,32H,2-3,14H2,1H3. The third kappa shape index (κ3) is 3.12. The molecular weight excluding hydrogens is 450 g/mol. The lowest BCUT2D eigenvalue weighted by atomic mass is 9.80. The van der Waals surface area contributed by atoms with Crippen LogP contribution >= 0.6 is 0 Å². The van der Waals surface area contributed by atoms with E-state index in [0.717, 1.165) is 28.7 Å². The van der Waals surface area contributed by atoms with E-state index in [-0.39, 0.29) is 23.1 Å². The van der Waals surface area contributed by atoms with E-state index in [9.17, 15) is 19.2 Å². The molecular formula is C31H27NO4. The second kappa shape index (κ2) is 8.45. The van der Waals surface area contributed by atoms with Gasteiger partial charge in [0.05, 0.1) is 0 Å². The predicted molar refractivity (Wildman–Crippen MR) is 135 cm³/mol. The number of rotatable bonds is 5. The van der Waals surface area contributed by atoms with Gasteiger partial charge in [0.25, 0.3) is 0 Å². The lowest BCUT2D eigenvalue weighted by Crippen LogP contribution is -2.44.